The SMILES string of the molecule is COP1(=O)OC[C@@H](C)O1. The van der Waals surface area contributed by atoms with Gasteiger partial charge in [-0.05, 0) is 6.92 Å². The maximum atomic E-state index is 10.9. The zero-order valence-corrected chi connectivity index (χ0v) is 6.26. The Morgan fingerprint density at radius 3 is 2.67 bits per heavy atom. The Bertz CT molecular complexity index is 146. The first-order valence-corrected chi connectivity index (χ1v) is 4.11. The van der Waals surface area contributed by atoms with Gasteiger partial charge >= 0.3 is 7.82 Å². The smallest absolute Gasteiger partial charge is 0.290 e. The number of hydrogen-bond acceptors (Lipinski definition) is 4. The van der Waals surface area contributed by atoms with Crippen LogP contribution in [0.3, 0.4) is 0 Å². The molecule has 0 radical (unpaired) electrons. The normalized spacial score (nSPS) is 43.6. The molecule has 0 aliphatic carbocycles. The predicted octanol–water partition coefficient (Wildman–Crippen LogP) is 1.18. The summed E-state index contributed by atoms with van der Waals surface area (Å²) in [6.45, 7) is 2.13. The van der Waals surface area contributed by atoms with Crippen molar-refractivity contribution in [2.45, 2.75) is 13.0 Å². The summed E-state index contributed by atoms with van der Waals surface area (Å²) in [5.41, 5.74) is 0. The van der Waals surface area contributed by atoms with Crippen molar-refractivity contribution in [3.8, 4) is 0 Å². The summed E-state index contributed by atoms with van der Waals surface area (Å²) in [4.78, 5) is 0. The van der Waals surface area contributed by atoms with E-state index >= 15 is 0 Å². The van der Waals surface area contributed by atoms with E-state index in [4.69, 9.17) is 9.05 Å². The number of phosphoric acid groups is 1. The third-order valence-electron chi connectivity index (χ3n) is 1.00. The molecule has 0 aromatic heterocycles. The van der Waals surface area contributed by atoms with Gasteiger partial charge < -0.3 is 0 Å². The highest BCUT2D eigenvalue weighted by Crippen LogP contribution is 2.53. The lowest BCUT2D eigenvalue weighted by Gasteiger charge is -2.04. The van der Waals surface area contributed by atoms with Gasteiger partial charge in [-0.25, -0.2) is 4.57 Å². The highest BCUT2D eigenvalue weighted by molar-refractivity contribution is 7.48. The third-order valence-corrected chi connectivity index (χ3v) is 2.53. The second-order valence-electron chi connectivity index (χ2n) is 1.84. The van der Waals surface area contributed by atoms with E-state index < -0.39 is 7.82 Å². The average Bonchev–Trinajstić information content (AvgIpc) is 2.13. The van der Waals surface area contributed by atoms with Gasteiger partial charge in [-0.2, -0.15) is 0 Å². The topological polar surface area (TPSA) is 44.8 Å². The van der Waals surface area contributed by atoms with Gasteiger partial charge in [0.05, 0.1) is 12.7 Å². The maximum absolute atomic E-state index is 10.9. The molecule has 0 aromatic carbocycles. The first kappa shape index (κ1) is 7.22. The lowest BCUT2D eigenvalue weighted by molar-refractivity contribution is 0.206. The van der Waals surface area contributed by atoms with E-state index in [0.717, 1.165) is 0 Å². The Balaban J connectivity index is 2.55. The standard InChI is InChI=1S/C4H9O4P/c1-4-3-7-9(5,6-2)8-4/h4H,3H2,1-2H3/t4-,9?/m1/s1. The van der Waals surface area contributed by atoms with Gasteiger partial charge in [0.15, 0.2) is 0 Å². The van der Waals surface area contributed by atoms with Crippen LogP contribution in [0, 0.1) is 0 Å². The molecule has 1 saturated heterocycles. The lowest BCUT2D eigenvalue weighted by Crippen LogP contribution is -2.00. The van der Waals surface area contributed by atoms with Crippen LogP contribution in [0.5, 0.6) is 0 Å². The van der Waals surface area contributed by atoms with Gasteiger partial charge in [0.25, 0.3) is 0 Å². The molecular weight excluding hydrogens is 143 g/mol. The van der Waals surface area contributed by atoms with Gasteiger partial charge in [0, 0.05) is 7.11 Å². The van der Waals surface area contributed by atoms with Crippen LogP contribution in [0.15, 0.2) is 0 Å². The zero-order valence-electron chi connectivity index (χ0n) is 5.36. The summed E-state index contributed by atoms with van der Waals surface area (Å²) in [5.74, 6) is 0. The van der Waals surface area contributed by atoms with Crippen molar-refractivity contribution in [1.29, 1.82) is 0 Å². The van der Waals surface area contributed by atoms with Crippen molar-refractivity contribution in [3.63, 3.8) is 0 Å². The molecule has 0 amide bonds. The minimum Gasteiger partial charge on any atom is -0.290 e. The van der Waals surface area contributed by atoms with E-state index in [9.17, 15) is 4.57 Å². The fourth-order valence-corrected chi connectivity index (χ4v) is 1.72. The Morgan fingerprint density at radius 2 is 2.44 bits per heavy atom. The van der Waals surface area contributed by atoms with Crippen LogP contribution in [0.1, 0.15) is 6.92 Å². The van der Waals surface area contributed by atoms with Crippen molar-refractivity contribution in [2.24, 2.45) is 0 Å². The van der Waals surface area contributed by atoms with Crippen molar-refractivity contribution >= 4 is 7.82 Å². The van der Waals surface area contributed by atoms with Crippen molar-refractivity contribution in [1.82, 2.24) is 0 Å². The van der Waals surface area contributed by atoms with E-state index in [0.29, 0.717) is 6.61 Å². The fraction of sp³-hybridized carbons (Fsp3) is 1.00. The van der Waals surface area contributed by atoms with Crippen LogP contribution in [0.4, 0.5) is 0 Å². The molecule has 0 saturated carbocycles. The molecule has 0 bridgehead atoms. The molecule has 1 aliphatic rings. The van der Waals surface area contributed by atoms with Crippen molar-refractivity contribution < 1.29 is 18.1 Å². The highest BCUT2D eigenvalue weighted by atomic mass is 31.2. The van der Waals surface area contributed by atoms with Crippen LogP contribution >= 0.6 is 7.82 Å². The van der Waals surface area contributed by atoms with Gasteiger partial charge in [-0.1, -0.05) is 0 Å². The molecule has 4 nitrogen and oxygen atoms in total. The van der Waals surface area contributed by atoms with Gasteiger partial charge in [0.1, 0.15) is 0 Å². The third kappa shape index (κ3) is 1.52. The largest absolute Gasteiger partial charge is 0.474 e. The minimum atomic E-state index is -3.11. The van der Waals surface area contributed by atoms with Crippen LogP contribution in [-0.4, -0.2) is 19.8 Å². The van der Waals surface area contributed by atoms with Crippen molar-refractivity contribution in [3.05, 3.63) is 0 Å². The summed E-state index contributed by atoms with van der Waals surface area (Å²) in [6, 6.07) is 0. The van der Waals surface area contributed by atoms with Gasteiger partial charge in [0.2, 0.25) is 0 Å². The predicted molar refractivity (Wildman–Crippen MR) is 31.1 cm³/mol. The van der Waals surface area contributed by atoms with Crippen LogP contribution in [-0.2, 0) is 18.1 Å². The molecular formula is C4H9O4P. The molecule has 9 heavy (non-hydrogen) atoms. The summed E-state index contributed by atoms with van der Waals surface area (Å²) >= 11 is 0. The summed E-state index contributed by atoms with van der Waals surface area (Å²) in [6.07, 6.45) is -0.115. The maximum Gasteiger partial charge on any atom is 0.474 e. The second kappa shape index (κ2) is 2.39. The number of rotatable bonds is 1. The average molecular weight is 152 g/mol. The first-order chi connectivity index (χ1) is 4.16. The quantitative estimate of drug-likeness (QED) is 0.529. The van der Waals surface area contributed by atoms with Crippen LogP contribution < -0.4 is 0 Å². The molecule has 1 aliphatic heterocycles. The summed E-state index contributed by atoms with van der Waals surface area (Å²) in [7, 11) is -1.80. The summed E-state index contributed by atoms with van der Waals surface area (Å²) in [5, 5.41) is 0. The molecule has 1 rings (SSSR count). The Morgan fingerprint density at radius 1 is 1.78 bits per heavy atom. The van der Waals surface area contributed by atoms with E-state index in [1.807, 2.05) is 0 Å². The zero-order chi connectivity index (χ0) is 6.91. The van der Waals surface area contributed by atoms with Gasteiger partial charge in [-0.3, -0.25) is 13.6 Å². The van der Waals surface area contributed by atoms with Crippen LogP contribution in [0.2, 0.25) is 0 Å². The second-order valence-corrected chi connectivity index (χ2v) is 3.57. The van der Waals surface area contributed by atoms with E-state index in [1.54, 1.807) is 6.92 Å². The summed E-state index contributed by atoms with van der Waals surface area (Å²) < 4.78 is 24.9. The molecule has 5 heteroatoms. The van der Waals surface area contributed by atoms with Crippen LogP contribution in [0.25, 0.3) is 0 Å². The minimum absolute atomic E-state index is 0.115. The highest BCUT2D eigenvalue weighted by Gasteiger charge is 2.34. The molecule has 2 atom stereocenters. The molecule has 1 fully saturated rings. The van der Waals surface area contributed by atoms with E-state index in [-0.39, 0.29) is 6.10 Å². The molecule has 54 valence electrons. The van der Waals surface area contributed by atoms with E-state index in [1.165, 1.54) is 7.11 Å². The Kier molecular flexibility index (Phi) is 1.91. The molecule has 1 unspecified atom stereocenters. The number of hydrogen-bond donors (Lipinski definition) is 0. The lowest BCUT2D eigenvalue weighted by atomic mass is 10.5. The Labute approximate surface area is 53.7 Å². The Hall–Kier alpha value is 0.110. The molecule has 0 N–H and O–H groups in total. The molecule has 1 heterocycles. The first-order valence-electron chi connectivity index (χ1n) is 2.65. The van der Waals surface area contributed by atoms with E-state index in [2.05, 4.69) is 4.52 Å². The van der Waals surface area contributed by atoms with Gasteiger partial charge in [-0.15, -0.1) is 0 Å². The molecule has 0 aromatic rings. The number of phosphoric ester groups is 1. The fourth-order valence-electron chi connectivity index (χ4n) is 0.573. The van der Waals surface area contributed by atoms with Crippen molar-refractivity contribution in [2.75, 3.05) is 13.7 Å². The monoisotopic (exact) mass is 152 g/mol. The molecule has 0 spiro atoms.